The molecule has 1 aromatic carbocycles. The predicted molar refractivity (Wildman–Crippen MR) is 72.0 cm³/mol. The van der Waals surface area contributed by atoms with E-state index in [1.54, 1.807) is 0 Å². The Kier molecular flexibility index (Phi) is 3.88. The number of thioether (sulfide) groups is 1. The SMILES string of the molecule is CCC(NC1=NCC(C)S1)c1ccccc1. The Hall–Kier alpha value is -0.960. The number of hydrogen-bond donors (Lipinski definition) is 1. The summed E-state index contributed by atoms with van der Waals surface area (Å²) in [7, 11) is 0. The molecule has 0 saturated heterocycles. The van der Waals surface area contributed by atoms with Crippen molar-refractivity contribution in [3.8, 4) is 0 Å². The molecule has 2 rings (SSSR count). The van der Waals surface area contributed by atoms with Gasteiger partial charge in [0.25, 0.3) is 0 Å². The molecule has 16 heavy (non-hydrogen) atoms. The smallest absolute Gasteiger partial charge is 0.157 e. The molecule has 1 heterocycles. The van der Waals surface area contributed by atoms with Crippen LogP contribution >= 0.6 is 11.8 Å². The molecule has 0 fully saturated rings. The van der Waals surface area contributed by atoms with E-state index in [1.807, 2.05) is 11.8 Å². The van der Waals surface area contributed by atoms with E-state index in [0.717, 1.165) is 18.1 Å². The van der Waals surface area contributed by atoms with Crippen LogP contribution in [-0.4, -0.2) is 17.0 Å². The van der Waals surface area contributed by atoms with Gasteiger partial charge in [0.05, 0.1) is 12.6 Å². The molecule has 1 aliphatic rings. The van der Waals surface area contributed by atoms with Crippen molar-refractivity contribution in [3.05, 3.63) is 35.9 Å². The fourth-order valence-electron chi connectivity index (χ4n) is 1.81. The van der Waals surface area contributed by atoms with Gasteiger partial charge in [0.2, 0.25) is 0 Å². The number of aliphatic imine (C=N–C) groups is 1. The van der Waals surface area contributed by atoms with Crippen molar-refractivity contribution in [2.75, 3.05) is 6.54 Å². The number of hydrogen-bond acceptors (Lipinski definition) is 3. The first-order valence-electron chi connectivity index (χ1n) is 5.82. The second-order valence-electron chi connectivity index (χ2n) is 4.09. The lowest BCUT2D eigenvalue weighted by Gasteiger charge is -2.18. The summed E-state index contributed by atoms with van der Waals surface area (Å²) >= 11 is 1.84. The Morgan fingerprint density at radius 3 is 2.75 bits per heavy atom. The Balaban J connectivity index is 2.02. The van der Waals surface area contributed by atoms with Crippen LogP contribution in [0.4, 0.5) is 0 Å². The Morgan fingerprint density at radius 1 is 1.44 bits per heavy atom. The molecule has 0 bridgehead atoms. The van der Waals surface area contributed by atoms with Crippen LogP contribution in [0.15, 0.2) is 35.3 Å². The minimum absolute atomic E-state index is 0.387. The van der Waals surface area contributed by atoms with Crippen LogP contribution in [0.2, 0.25) is 0 Å². The molecule has 1 N–H and O–H groups in total. The number of rotatable bonds is 3. The highest BCUT2D eigenvalue weighted by Crippen LogP contribution is 2.23. The third-order valence-electron chi connectivity index (χ3n) is 2.71. The van der Waals surface area contributed by atoms with Crippen LogP contribution in [0.3, 0.4) is 0 Å². The topological polar surface area (TPSA) is 24.4 Å². The molecule has 0 amide bonds. The zero-order valence-electron chi connectivity index (χ0n) is 9.81. The minimum atomic E-state index is 0.387. The average Bonchev–Trinajstić information content (AvgIpc) is 2.73. The van der Waals surface area contributed by atoms with E-state index in [2.05, 4.69) is 54.5 Å². The maximum atomic E-state index is 4.50. The molecule has 3 heteroatoms. The molecule has 2 atom stereocenters. The highest BCUT2D eigenvalue weighted by molar-refractivity contribution is 8.14. The van der Waals surface area contributed by atoms with E-state index in [0.29, 0.717) is 11.3 Å². The van der Waals surface area contributed by atoms with Crippen LogP contribution in [-0.2, 0) is 0 Å². The molecular weight excluding hydrogens is 216 g/mol. The third-order valence-corrected chi connectivity index (χ3v) is 3.73. The van der Waals surface area contributed by atoms with E-state index in [1.165, 1.54) is 5.56 Å². The van der Waals surface area contributed by atoms with Gasteiger partial charge in [-0.05, 0) is 12.0 Å². The van der Waals surface area contributed by atoms with E-state index in [-0.39, 0.29) is 0 Å². The van der Waals surface area contributed by atoms with Gasteiger partial charge in [-0.25, -0.2) is 0 Å². The number of nitrogens with one attached hydrogen (secondary N) is 1. The zero-order valence-corrected chi connectivity index (χ0v) is 10.6. The van der Waals surface area contributed by atoms with Crippen molar-refractivity contribution in [2.24, 2.45) is 4.99 Å². The molecule has 0 saturated carbocycles. The summed E-state index contributed by atoms with van der Waals surface area (Å²) in [6, 6.07) is 11.0. The van der Waals surface area contributed by atoms with Crippen molar-refractivity contribution in [1.82, 2.24) is 5.32 Å². The number of nitrogens with zero attached hydrogens (tertiary/aromatic N) is 1. The van der Waals surface area contributed by atoms with Crippen molar-refractivity contribution in [1.29, 1.82) is 0 Å². The first-order valence-corrected chi connectivity index (χ1v) is 6.70. The van der Waals surface area contributed by atoms with Crippen LogP contribution in [0.1, 0.15) is 31.9 Å². The molecular formula is C13H18N2S. The second-order valence-corrected chi connectivity index (χ2v) is 5.52. The predicted octanol–water partition coefficient (Wildman–Crippen LogP) is 3.22. The van der Waals surface area contributed by atoms with Gasteiger partial charge in [0.15, 0.2) is 5.17 Å². The average molecular weight is 234 g/mol. The Bertz CT molecular complexity index is 361. The summed E-state index contributed by atoms with van der Waals surface area (Å²) in [5.74, 6) is 0. The maximum absolute atomic E-state index is 4.50. The molecule has 1 aromatic rings. The molecule has 0 radical (unpaired) electrons. The van der Waals surface area contributed by atoms with Gasteiger partial charge in [-0.3, -0.25) is 4.99 Å². The van der Waals surface area contributed by atoms with E-state index >= 15 is 0 Å². The van der Waals surface area contributed by atoms with Gasteiger partial charge in [-0.15, -0.1) is 0 Å². The van der Waals surface area contributed by atoms with Crippen molar-refractivity contribution >= 4 is 16.9 Å². The molecule has 86 valence electrons. The van der Waals surface area contributed by atoms with Gasteiger partial charge in [-0.1, -0.05) is 55.9 Å². The van der Waals surface area contributed by atoms with Crippen LogP contribution in [0.5, 0.6) is 0 Å². The lowest BCUT2D eigenvalue weighted by atomic mass is 10.1. The molecule has 1 aliphatic heterocycles. The standard InChI is InChI=1S/C13H18N2S/c1-3-12(11-7-5-4-6-8-11)15-13-14-9-10(2)16-13/h4-8,10,12H,3,9H2,1-2H3,(H,14,15). The molecule has 0 aromatic heterocycles. The molecule has 2 nitrogen and oxygen atoms in total. The van der Waals surface area contributed by atoms with Crippen molar-refractivity contribution in [2.45, 2.75) is 31.6 Å². The molecule has 0 aliphatic carbocycles. The van der Waals surface area contributed by atoms with Gasteiger partial charge in [0.1, 0.15) is 0 Å². The van der Waals surface area contributed by atoms with Gasteiger partial charge >= 0.3 is 0 Å². The number of amidine groups is 1. The van der Waals surface area contributed by atoms with Gasteiger partial charge in [-0.2, -0.15) is 0 Å². The summed E-state index contributed by atoms with van der Waals surface area (Å²) in [5, 5.41) is 5.25. The quantitative estimate of drug-likeness (QED) is 0.868. The van der Waals surface area contributed by atoms with Crippen LogP contribution < -0.4 is 5.32 Å². The van der Waals surface area contributed by atoms with E-state index < -0.39 is 0 Å². The monoisotopic (exact) mass is 234 g/mol. The van der Waals surface area contributed by atoms with Crippen LogP contribution in [0, 0.1) is 0 Å². The Labute approximate surface area is 102 Å². The fraction of sp³-hybridized carbons (Fsp3) is 0.462. The highest BCUT2D eigenvalue weighted by Gasteiger charge is 2.18. The largest absolute Gasteiger partial charge is 0.358 e. The van der Waals surface area contributed by atoms with E-state index in [9.17, 15) is 0 Å². The van der Waals surface area contributed by atoms with E-state index in [4.69, 9.17) is 0 Å². The first kappa shape index (κ1) is 11.5. The summed E-state index contributed by atoms with van der Waals surface area (Å²) in [6.07, 6.45) is 1.08. The normalized spacial score (nSPS) is 21.6. The summed E-state index contributed by atoms with van der Waals surface area (Å²) < 4.78 is 0. The number of benzene rings is 1. The Morgan fingerprint density at radius 2 is 2.19 bits per heavy atom. The fourth-order valence-corrected chi connectivity index (χ4v) is 2.70. The lowest BCUT2D eigenvalue weighted by molar-refractivity contribution is 0.630. The van der Waals surface area contributed by atoms with Gasteiger partial charge < -0.3 is 5.32 Å². The van der Waals surface area contributed by atoms with Crippen molar-refractivity contribution in [3.63, 3.8) is 0 Å². The highest BCUT2D eigenvalue weighted by atomic mass is 32.2. The summed E-state index contributed by atoms with van der Waals surface area (Å²) in [4.78, 5) is 4.50. The second kappa shape index (κ2) is 5.39. The summed E-state index contributed by atoms with van der Waals surface area (Å²) in [5.41, 5.74) is 1.34. The molecule has 0 spiro atoms. The minimum Gasteiger partial charge on any atom is -0.358 e. The summed E-state index contributed by atoms with van der Waals surface area (Å²) in [6.45, 7) is 5.36. The first-order chi connectivity index (χ1) is 7.79. The zero-order chi connectivity index (χ0) is 11.4. The van der Waals surface area contributed by atoms with Crippen LogP contribution in [0.25, 0.3) is 0 Å². The van der Waals surface area contributed by atoms with Gasteiger partial charge in [0, 0.05) is 5.25 Å². The van der Waals surface area contributed by atoms with Crippen molar-refractivity contribution < 1.29 is 0 Å². The maximum Gasteiger partial charge on any atom is 0.157 e. The molecule has 2 unspecified atom stereocenters. The lowest BCUT2D eigenvalue weighted by Crippen LogP contribution is -2.25. The third kappa shape index (κ3) is 2.79.